The molecule has 0 heterocycles. The van der Waals surface area contributed by atoms with Crippen molar-refractivity contribution >= 4 is 33.2 Å². The van der Waals surface area contributed by atoms with Crippen LogP contribution in [0.5, 0.6) is 0 Å². The van der Waals surface area contributed by atoms with E-state index in [2.05, 4.69) is 9.62 Å². The minimum absolute atomic E-state index is 0.00256. The normalized spacial score (nSPS) is 12.1. The highest BCUT2D eigenvalue weighted by molar-refractivity contribution is 7.89. The summed E-state index contributed by atoms with van der Waals surface area (Å²) < 4.78 is 27.1. The number of nitrogens with one attached hydrogen (secondary N) is 1. The molecular weight excluding hydrogens is 335 g/mol. The van der Waals surface area contributed by atoms with Crippen molar-refractivity contribution < 1.29 is 13.5 Å². The Kier molecular flexibility index (Phi) is 7.39. The van der Waals surface area contributed by atoms with Crippen molar-refractivity contribution in [2.45, 2.75) is 25.3 Å². The Morgan fingerprint density at radius 1 is 1.24 bits per heavy atom. The largest absolute Gasteiger partial charge is 0.392 e. The monoisotopic (exact) mass is 354 g/mol. The number of rotatable bonds is 8. The third-order valence-corrected chi connectivity index (χ3v) is 5.42. The summed E-state index contributed by atoms with van der Waals surface area (Å²) in [6.07, 6.45) is 0. The molecule has 5 nitrogen and oxygen atoms in total. The lowest BCUT2D eigenvalue weighted by atomic mass is 10.2. The molecule has 0 spiro atoms. The van der Waals surface area contributed by atoms with Crippen LogP contribution in [0.25, 0.3) is 0 Å². The van der Waals surface area contributed by atoms with Gasteiger partial charge in [0.15, 0.2) is 0 Å². The number of halogens is 2. The summed E-state index contributed by atoms with van der Waals surface area (Å²) in [6.45, 7) is 6.24. The van der Waals surface area contributed by atoms with Gasteiger partial charge in [-0.25, -0.2) is 13.1 Å². The maximum Gasteiger partial charge on any atom is 0.242 e. The van der Waals surface area contributed by atoms with Crippen molar-refractivity contribution in [2.24, 2.45) is 0 Å². The number of nitrogens with zero attached hydrogens (tertiary/aromatic N) is 1. The molecule has 120 valence electrons. The average molecular weight is 355 g/mol. The molecule has 1 aromatic carbocycles. The van der Waals surface area contributed by atoms with E-state index in [1.165, 1.54) is 12.1 Å². The second-order valence-corrected chi connectivity index (χ2v) is 7.01. The van der Waals surface area contributed by atoms with Crippen LogP contribution in [0.15, 0.2) is 17.0 Å². The summed E-state index contributed by atoms with van der Waals surface area (Å²) >= 11 is 11.9. The molecule has 0 amide bonds. The minimum atomic E-state index is -3.76. The molecule has 0 aromatic heterocycles. The first-order valence-corrected chi connectivity index (χ1v) is 8.90. The van der Waals surface area contributed by atoms with E-state index in [4.69, 9.17) is 23.2 Å². The fourth-order valence-corrected chi connectivity index (χ4v) is 3.83. The van der Waals surface area contributed by atoms with Gasteiger partial charge in [0.2, 0.25) is 10.0 Å². The summed E-state index contributed by atoms with van der Waals surface area (Å²) in [7, 11) is -3.76. The predicted molar refractivity (Wildman–Crippen MR) is 85.4 cm³/mol. The molecule has 1 rings (SSSR count). The lowest BCUT2D eigenvalue weighted by Gasteiger charge is -2.18. The molecule has 2 N–H and O–H groups in total. The quantitative estimate of drug-likeness (QED) is 0.749. The zero-order valence-electron chi connectivity index (χ0n) is 12.1. The van der Waals surface area contributed by atoms with E-state index < -0.39 is 10.0 Å². The minimum Gasteiger partial charge on any atom is -0.392 e. The topological polar surface area (TPSA) is 69.6 Å². The Morgan fingerprint density at radius 2 is 1.86 bits per heavy atom. The molecule has 0 aliphatic carbocycles. The smallest absolute Gasteiger partial charge is 0.242 e. The lowest BCUT2D eigenvalue weighted by molar-refractivity contribution is 0.281. The molecule has 0 saturated carbocycles. The number of aliphatic hydroxyl groups excluding tert-OH is 1. The highest BCUT2D eigenvalue weighted by atomic mass is 35.5. The van der Waals surface area contributed by atoms with Gasteiger partial charge in [0.25, 0.3) is 0 Å². The van der Waals surface area contributed by atoms with E-state index in [0.29, 0.717) is 6.54 Å². The van der Waals surface area contributed by atoms with Crippen molar-refractivity contribution in [3.8, 4) is 0 Å². The summed E-state index contributed by atoms with van der Waals surface area (Å²) in [5, 5.41) is 9.39. The first-order valence-electron chi connectivity index (χ1n) is 6.66. The van der Waals surface area contributed by atoms with Gasteiger partial charge in [-0.1, -0.05) is 37.0 Å². The number of aliphatic hydroxyl groups is 1. The zero-order valence-corrected chi connectivity index (χ0v) is 14.4. The standard InChI is InChI=1S/C13H20Cl2N2O3S/c1-3-17(4-2)6-5-16-21(19,20)12-8-11(14)7-10(9-18)13(12)15/h7-8,16,18H,3-6,9H2,1-2H3. The van der Waals surface area contributed by atoms with Crippen LogP contribution in [0.2, 0.25) is 10.0 Å². The van der Waals surface area contributed by atoms with Crippen LogP contribution in [0.3, 0.4) is 0 Å². The first kappa shape index (κ1) is 18.7. The molecule has 0 radical (unpaired) electrons. The summed E-state index contributed by atoms with van der Waals surface area (Å²) in [6, 6.07) is 2.72. The zero-order chi connectivity index (χ0) is 16.0. The second-order valence-electron chi connectivity index (χ2n) is 4.46. The van der Waals surface area contributed by atoms with Crippen LogP contribution in [0, 0.1) is 0 Å². The number of hydrogen-bond acceptors (Lipinski definition) is 4. The maximum atomic E-state index is 12.3. The van der Waals surface area contributed by atoms with E-state index in [0.717, 1.165) is 13.1 Å². The van der Waals surface area contributed by atoms with E-state index in [-0.39, 0.29) is 33.7 Å². The third kappa shape index (κ3) is 5.09. The summed E-state index contributed by atoms with van der Waals surface area (Å²) in [5.74, 6) is 0. The number of benzene rings is 1. The highest BCUT2D eigenvalue weighted by Gasteiger charge is 2.20. The Bertz CT molecular complexity index is 575. The Morgan fingerprint density at radius 3 is 2.38 bits per heavy atom. The molecule has 0 bridgehead atoms. The van der Waals surface area contributed by atoms with E-state index in [1.54, 1.807) is 0 Å². The maximum absolute atomic E-state index is 12.3. The van der Waals surface area contributed by atoms with Crippen LogP contribution < -0.4 is 4.72 Å². The molecule has 0 saturated heterocycles. The van der Waals surface area contributed by atoms with Gasteiger partial charge in [0.1, 0.15) is 4.90 Å². The van der Waals surface area contributed by atoms with Crippen LogP contribution in [-0.4, -0.2) is 44.6 Å². The van der Waals surface area contributed by atoms with Gasteiger partial charge in [0, 0.05) is 18.1 Å². The van der Waals surface area contributed by atoms with Crippen molar-refractivity contribution in [3.63, 3.8) is 0 Å². The first-order chi connectivity index (χ1) is 9.85. The van der Waals surface area contributed by atoms with Crippen molar-refractivity contribution in [2.75, 3.05) is 26.2 Å². The van der Waals surface area contributed by atoms with E-state index in [9.17, 15) is 13.5 Å². The molecule has 8 heteroatoms. The molecule has 0 aliphatic heterocycles. The fourth-order valence-electron chi connectivity index (χ4n) is 1.88. The third-order valence-electron chi connectivity index (χ3n) is 3.15. The van der Waals surface area contributed by atoms with Gasteiger partial charge >= 0.3 is 0 Å². The Labute approximate surface area is 135 Å². The molecule has 21 heavy (non-hydrogen) atoms. The SMILES string of the molecule is CCN(CC)CCNS(=O)(=O)c1cc(Cl)cc(CO)c1Cl. The van der Waals surface area contributed by atoms with Gasteiger partial charge in [-0.05, 0) is 30.8 Å². The molecular formula is C13H20Cl2N2O3S. The second kappa shape index (κ2) is 8.31. The van der Waals surface area contributed by atoms with Crippen molar-refractivity contribution in [1.82, 2.24) is 9.62 Å². The van der Waals surface area contributed by atoms with Crippen molar-refractivity contribution in [3.05, 3.63) is 27.7 Å². The predicted octanol–water partition coefficient (Wildman–Crippen LogP) is 2.11. The van der Waals surface area contributed by atoms with Gasteiger partial charge in [-0.2, -0.15) is 0 Å². The van der Waals surface area contributed by atoms with Gasteiger partial charge in [-0.3, -0.25) is 0 Å². The molecule has 0 unspecified atom stereocenters. The van der Waals surface area contributed by atoms with Gasteiger partial charge < -0.3 is 10.0 Å². The number of likely N-dealkylation sites (N-methyl/N-ethyl adjacent to an activating group) is 1. The van der Waals surface area contributed by atoms with Crippen LogP contribution in [0.4, 0.5) is 0 Å². The van der Waals surface area contributed by atoms with Crippen molar-refractivity contribution in [1.29, 1.82) is 0 Å². The average Bonchev–Trinajstić information content (AvgIpc) is 2.45. The highest BCUT2D eigenvalue weighted by Crippen LogP contribution is 2.29. The van der Waals surface area contributed by atoms with Gasteiger partial charge in [-0.15, -0.1) is 0 Å². The molecule has 0 fully saturated rings. The summed E-state index contributed by atoms with van der Waals surface area (Å²) in [4.78, 5) is 1.99. The molecule has 1 aromatic rings. The van der Waals surface area contributed by atoms with Gasteiger partial charge in [0.05, 0.1) is 11.6 Å². The number of sulfonamides is 1. The summed E-state index contributed by atoms with van der Waals surface area (Å²) in [5.41, 5.74) is 0.285. The fraction of sp³-hybridized carbons (Fsp3) is 0.538. The number of hydrogen-bond donors (Lipinski definition) is 2. The van der Waals surface area contributed by atoms with E-state index >= 15 is 0 Å². The Balaban J connectivity index is 2.91. The van der Waals surface area contributed by atoms with Crippen LogP contribution >= 0.6 is 23.2 Å². The van der Waals surface area contributed by atoms with Crippen LogP contribution in [0.1, 0.15) is 19.4 Å². The molecule has 0 aliphatic rings. The van der Waals surface area contributed by atoms with E-state index in [1.807, 2.05) is 13.8 Å². The molecule has 0 atom stereocenters. The van der Waals surface area contributed by atoms with Crippen LogP contribution in [-0.2, 0) is 16.6 Å². The lowest BCUT2D eigenvalue weighted by Crippen LogP contribution is -2.35. The Hall–Kier alpha value is -0.370.